The molecule has 0 spiro atoms. The molecule has 0 aromatic carbocycles. The average Bonchev–Trinajstić information content (AvgIpc) is 2.29. The van der Waals surface area contributed by atoms with Gasteiger partial charge in [-0.1, -0.05) is 0 Å². The van der Waals surface area contributed by atoms with Crippen LogP contribution in [0.2, 0.25) is 0 Å². The van der Waals surface area contributed by atoms with Crippen LogP contribution in [0, 0.1) is 0 Å². The van der Waals surface area contributed by atoms with E-state index in [1.165, 1.54) is 6.07 Å². The minimum atomic E-state index is -3.46. The van der Waals surface area contributed by atoms with E-state index in [-0.39, 0.29) is 10.8 Å². The zero-order valence-electron chi connectivity index (χ0n) is 9.69. The predicted octanol–water partition coefficient (Wildman–Crippen LogP) is 0.245. The number of piperidine rings is 1. The van der Waals surface area contributed by atoms with Crippen molar-refractivity contribution in [3.8, 4) is 0 Å². The maximum atomic E-state index is 11.5. The third kappa shape index (κ3) is 2.76. The molecule has 1 saturated heterocycles. The SMILES string of the molecule is CS(=O)(=O)c1cc(C2CCCNC2)c[nH]c1=O. The molecular weight excluding hydrogens is 240 g/mol. The lowest BCUT2D eigenvalue weighted by atomic mass is 9.93. The first-order valence-electron chi connectivity index (χ1n) is 5.62. The highest BCUT2D eigenvalue weighted by Crippen LogP contribution is 2.23. The molecule has 1 aliphatic rings. The molecule has 1 fully saturated rings. The van der Waals surface area contributed by atoms with Crippen molar-refractivity contribution >= 4 is 9.84 Å². The van der Waals surface area contributed by atoms with E-state index in [1.54, 1.807) is 6.20 Å². The summed E-state index contributed by atoms with van der Waals surface area (Å²) >= 11 is 0. The minimum absolute atomic E-state index is 0.138. The van der Waals surface area contributed by atoms with Gasteiger partial charge in [0, 0.05) is 19.0 Å². The van der Waals surface area contributed by atoms with Gasteiger partial charge in [-0.3, -0.25) is 4.79 Å². The van der Waals surface area contributed by atoms with Gasteiger partial charge in [-0.05, 0) is 36.9 Å². The zero-order chi connectivity index (χ0) is 12.5. The molecule has 2 heterocycles. The van der Waals surface area contributed by atoms with Crippen molar-refractivity contribution in [1.29, 1.82) is 0 Å². The van der Waals surface area contributed by atoms with E-state index in [9.17, 15) is 13.2 Å². The normalized spacial score (nSPS) is 21.4. The molecule has 0 radical (unpaired) electrons. The van der Waals surface area contributed by atoms with Crippen molar-refractivity contribution in [2.24, 2.45) is 0 Å². The molecule has 1 aliphatic heterocycles. The summed E-state index contributed by atoms with van der Waals surface area (Å²) in [5.74, 6) is 0.279. The predicted molar refractivity (Wildman–Crippen MR) is 65.0 cm³/mol. The molecule has 0 saturated carbocycles. The van der Waals surface area contributed by atoms with Crippen LogP contribution in [0.15, 0.2) is 22.0 Å². The third-order valence-corrected chi connectivity index (χ3v) is 4.16. The molecule has 0 bridgehead atoms. The highest BCUT2D eigenvalue weighted by atomic mass is 32.2. The Hall–Kier alpha value is -1.14. The second kappa shape index (κ2) is 4.62. The molecule has 17 heavy (non-hydrogen) atoms. The molecule has 2 rings (SSSR count). The molecule has 5 nitrogen and oxygen atoms in total. The smallest absolute Gasteiger partial charge is 0.266 e. The van der Waals surface area contributed by atoms with E-state index in [2.05, 4.69) is 10.3 Å². The number of pyridine rings is 1. The third-order valence-electron chi connectivity index (χ3n) is 3.06. The number of hydrogen-bond acceptors (Lipinski definition) is 4. The van der Waals surface area contributed by atoms with Crippen LogP contribution in [0.3, 0.4) is 0 Å². The molecule has 1 aromatic rings. The summed E-state index contributed by atoms with van der Waals surface area (Å²) in [4.78, 5) is 13.8. The molecule has 1 atom stereocenters. The van der Waals surface area contributed by atoms with Crippen molar-refractivity contribution in [1.82, 2.24) is 10.3 Å². The van der Waals surface area contributed by atoms with Gasteiger partial charge >= 0.3 is 0 Å². The molecule has 1 aromatic heterocycles. The highest BCUT2D eigenvalue weighted by Gasteiger charge is 2.19. The van der Waals surface area contributed by atoms with E-state index in [1.807, 2.05) is 0 Å². The quantitative estimate of drug-likeness (QED) is 0.794. The van der Waals surface area contributed by atoms with E-state index < -0.39 is 15.4 Å². The Morgan fingerprint density at radius 2 is 2.18 bits per heavy atom. The standard InChI is InChI=1S/C11H16N2O3S/c1-17(15,16)10-5-9(7-13-11(10)14)8-3-2-4-12-6-8/h5,7-8,12H,2-4,6H2,1H3,(H,13,14). The largest absolute Gasteiger partial charge is 0.328 e. The lowest BCUT2D eigenvalue weighted by molar-refractivity contribution is 0.460. The maximum absolute atomic E-state index is 11.5. The topological polar surface area (TPSA) is 79.0 Å². The van der Waals surface area contributed by atoms with Gasteiger partial charge < -0.3 is 10.3 Å². The number of rotatable bonds is 2. The van der Waals surface area contributed by atoms with Crippen LogP contribution < -0.4 is 10.9 Å². The van der Waals surface area contributed by atoms with Gasteiger partial charge in [-0.15, -0.1) is 0 Å². The van der Waals surface area contributed by atoms with Gasteiger partial charge in [0.05, 0.1) is 0 Å². The Morgan fingerprint density at radius 1 is 1.41 bits per heavy atom. The van der Waals surface area contributed by atoms with Crippen molar-refractivity contribution < 1.29 is 8.42 Å². The second-order valence-corrected chi connectivity index (χ2v) is 6.43. The summed E-state index contributed by atoms with van der Waals surface area (Å²) in [6.07, 6.45) is 4.76. The zero-order valence-corrected chi connectivity index (χ0v) is 10.5. The van der Waals surface area contributed by atoms with E-state index in [0.29, 0.717) is 0 Å². The number of aromatic nitrogens is 1. The van der Waals surface area contributed by atoms with E-state index >= 15 is 0 Å². The van der Waals surface area contributed by atoms with E-state index in [0.717, 1.165) is 37.8 Å². The molecule has 1 unspecified atom stereocenters. The second-order valence-electron chi connectivity index (χ2n) is 4.44. The van der Waals surface area contributed by atoms with Gasteiger partial charge in [0.1, 0.15) is 4.90 Å². The van der Waals surface area contributed by atoms with Crippen molar-refractivity contribution in [3.05, 3.63) is 28.2 Å². The minimum Gasteiger partial charge on any atom is -0.328 e. The molecule has 2 N–H and O–H groups in total. The van der Waals surface area contributed by atoms with Gasteiger partial charge in [-0.25, -0.2) is 8.42 Å². The lowest BCUT2D eigenvalue weighted by Crippen LogP contribution is -2.29. The van der Waals surface area contributed by atoms with Crippen molar-refractivity contribution in [2.45, 2.75) is 23.7 Å². The van der Waals surface area contributed by atoms with Crippen LogP contribution in [-0.4, -0.2) is 32.7 Å². The number of sulfone groups is 1. The van der Waals surface area contributed by atoms with Crippen LogP contribution in [0.5, 0.6) is 0 Å². The molecular formula is C11H16N2O3S. The summed E-state index contributed by atoms with van der Waals surface area (Å²) in [6, 6.07) is 1.51. The van der Waals surface area contributed by atoms with Crippen LogP contribution in [-0.2, 0) is 9.84 Å². The molecule has 0 amide bonds. The number of aromatic amines is 1. The van der Waals surface area contributed by atoms with Crippen LogP contribution in [0.25, 0.3) is 0 Å². The summed E-state index contributed by atoms with van der Waals surface area (Å²) in [5.41, 5.74) is 0.345. The average molecular weight is 256 g/mol. The summed E-state index contributed by atoms with van der Waals surface area (Å²) in [6.45, 7) is 1.83. The van der Waals surface area contributed by atoms with Gasteiger partial charge in [-0.2, -0.15) is 0 Å². The van der Waals surface area contributed by atoms with Crippen molar-refractivity contribution in [3.63, 3.8) is 0 Å². The first-order chi connectivity index (χ1) is 7.98. The molecule has 0 aliphatic carbocycles. The van der Waals surface area contributed by atoms with Crippen LogP contribution in [0.4, 0.5) is 0 Å². The van der Waals surface area contributed by atoms with Crippen LogP contribution in [0.1, 0.15) is 24.3 Å². The first-order valence-corrected chi connectivity index (χ1v) is 7.51. The monoisotopic (exact) mass is 256 g/mol. The Kier molecular flexibility index (Phi) is 3.35. The fourth-order valence-corrected chi connectivity index (χ4v) is 2.87. The van der Waals surface area contributed by atoms with Gasteiger partial charge in [0.15, 0.2) is 9.84 Å². The van der Waals surface area contributed by atoms with Gasteiger partial charge in [0.25, 0.3) is 5.56 Å². The molecule has 6 heteroatoms. The highest BCUT2D eigenvalue weighted by molar-refractivity contribution is 7.90. The Labute approximate surface area is 100 Å². The number of nitrogens with one attached hydrogen (secondary N) is 2. The Bertz CT molecular complexity index is 556. The lowest BCUT2D eigenvalue weighted by Gasteiger charge is -2.23. The summed E-state index contributed by atoms with van der Waals surface area (Å²) in [5, 5.41) is 3.26. The first kappa shape index (κ1) is 12.3. The number of hydrogen-bond donors (Lipinski definition) is 2. The fourth-order valence-electron chi connectivity index (χ4n) is 2.13. The molecule has 94 valence electrons. The van der Waals surface area contributed by atoms with Crippen LogP contribution >= 0.6 is 0 Å². The van der Waals surface area contributed by atoms with E-state index in [4.69, 9.17) is 0 Å². The maximum Gasteiger partial charge on any atom is 0.266 e. The Balaban J connectivity index is 2.40. The number of H-pyrrole nitrogens is 1. The Morgan fingerprint density at radius 3 is 2.76 bits per heavy atom. The summed E-state index contributed by atoms with van der Waals surface area (Å²) in [7, 11) is -3.46. The van der Waals surface area contributed by atoms with Crippen molar-refractivity contribution in [2.75, 3.05) is 19.3 Å². The van der Waals surface area contributed by atoms with Gasteiger partial charge in [0.2, 0.25) is 0 Å². The summed E-state index contributed by atoms with van der Waals surface area (Å²) < 4.78 is 22.9. The fraction of sp³-hybridized carbons (Fsp3) is 0.545.